The van der Waals surface area contributed by atoms with Gasteiger partial charge in [0.2, 0.25) is 5.91 Å². The van der Waals surface area contributed by atoms with Crippen LogP contribution < -0.4 is 0 Å². The third-order valence-corrected chi connectivity index (χ3v) is 4.94. The molecule has 26 heavy (non-hydrogen) atoms. The Hall–Kier alpha value is -2.31. The Labute approximate surface area is 150 Å². The minimum atomic E-state index is -4.42. The summed E-state index contributed by atoms with van der Waals surface area (Å²) in [6, 6.07) is 10.8. The van der Waals surface area contributed by atoms with Crippen LogP contribution in [-0.2, 0) is 11.0 Å². The topological polar surface area (TPSA) is 38.1 Å². The summed E-state index contributed by atoms with van der Waals surface area (Å²) in [5, 5.41) is 3.65. The first-order valence-electron chi connectivity index (χ1n) is 8.79. The van der Waals surface area contributed by atoms with Crippen LogP contribution in [0.5, 0.6) is 0 Å². The number of nitrogens with zero attached hydrogens (tertiary/aromatic N) is 3. The van der Waals surface area contributed by atoms with Gasteiger partial charge in [-0.05, 0) is 30.4 Å². The number of hydrogen-bond donors (Lipinski definition) is 0. The Morgan fingerprint density at radius 2 is 1.85 bits per heavy atom. The van der Waals surface area contributed by atoms with Gasteiger partial charge in [-0.25, -0.2) is 0 Å². The predicted octanol–water partition coefficient (Wildman–Crippen LogP) is 4.26. The molecule has 1 amide bonds. The van der Waals surface area contributed by atoms with E-state index in [2.05, 4.69) is 5.10 Å². The van der Waals surface area contributed by atoms with Crippen molar-refractivity contribution in [3.05, 3.63) is 53.9 Å². The smallest absolute Gasteiger partial charge is 0.343 e. The molecule has 0 bridgehead atoms. The number of halogens is 3. The van der Waals surface area contributed by atoms with Gasteiger partial charge in [0.15, 0.2) is 5.69 Å². The number of carbonyl (C=O) groups excluding carboxylic acids is 1. The zero-order valence-corrected chi connectivity index (χ0v) is 14.6. The molecule has 2 heterocycles. The van der Waals surface area contributed by atoms with Crippen LogP contribution in [0.15, 0.2) is 42.6 Å². The van der Waals surface area contributed by atoms with E-state index in [0.717, 1.165) is 11.6 Å². The van der Waals surface area contributed by atoms with E-state index in [-0.39, 0.29) is 17.9 Å². The third kappa shape index (κ3) is 4.26. The fraction of sp³-hybridized carbons (Fsp3) is 0.474. The molecule has 0 N–H and O–H groups in total. The van der Waals surface area contributed by atoms with E-state index >= 15 is 0 Å². The lowest BCUT2D eigenvalue weighted by Gasteiger charge is -2.32. The molecule has 0 aliphatic carbocycles. The van der Waals surface area contributed by atoms with Crippen LogP contribution in [0.25, 0.3) is 0 Å². The minimum absolute atomic E-state index is 0.0937. The van der Waals surface area contributed by atoms with Crippen molar-refractivity contribution in [1.29, 1.82) is 0 Å². The lowest BCUT2D eigenvalue weighted by molar-refractivity contribution is -0.141. The van der Waals surface area contributed by atoms with Gasteiger partial charge in [-0.15, -0.1) is 0 Å². The predicted molar refractivity (Wildman–Crippen MR) is 91.6 cm³/mol. The number of likely N-dealkylation sites (tertiary alicyclic amines) is 1. The van der Waals surface area contributed by atoms with Crippen LogP contribution in [0.4, 0.5) is 13.2 Å². The number of carbonyl (C=O) groups is 1. The van der Waals surface area contributed by atoms with Crippen LogP contribution in [0.1, 0.15) is 49.4 Å². The van der Waals surface area contributed by atoms with Crippen LogP contribution >= 0.6 is 0 Å². The fourth-order valence-corrected chi connectivity index (χ4v) is 3.36. The van der Waals surface area contributed by atoms with Gasteiger partial charge in [0.1, 0.15) is 0 Å². The molecule has 3 rings (SSSR count). The van der Waals surface area contributed by atoms with Crippen molar-refractivity contribution in [3.63, 3.8) is 0 Å². The van der Waals surface area contributed by atoms with Crippen molar-refractivity contribution in [2.24, 2.45) is 0 Å². The number of benzene rings is 1. The molecule has 1 atom stereocenters. The Kier molecular flexibility index (Phi) is 5.34. The van der Waals surface area contributed by atoms with Gasteiger partial charge in [0.25, 0.3) is 0 Å². The summed E-state index contributed by atoms with van der Waals surface area (Å²) in [6.45, 7) is 3.13. The highest BCUT2D eigenvalue weighted by Gasteiger charge is 2.34. The maximum atomic E-state index is 12.7. The fourth-order valence-electron chi connectivity index (χ4n) is 3.36. The Morgan fingerprint density at radius 3 is 2.42 bits per heavy atom. The zero-order valence-electron chi connectivity index (χ0n) is 14.6. The van der Waals surface area contributed by atoms with Crippen LogP contribution in [0, 0.1) is 0 Å². The van der Waals surface area contributed by atoms with Crippen LogP contribution in [0.2, 0.25) is 0 Å². The van der Waals surface area contributed by atoms with Crippen LogP contribution in [0.3, 0.4) is 0 Å². The zero-order chi connectivity index (χ0) is 18.7. The molecule has 7 heteroatoms. The van der Waals surface area contributed by atoms with Crippen molar-refractivity contribution in [2.45, 2.75) is 44.3 Å². The average molecular weight is 365 g/mol. The second kappa shape index (κ2) is 7.51. The molecule has 2 aromatic rings. The van der Waals surface area contributed by atoms with Gasteiger partial charge in [-0.3, -0.25) is 9.48 Å². The first-order chi connectivity index (χ1) is 12.3. The Balaban J connectivity index is 1.53. The summed E-state index contributed by atoms with van der Waals surface area (Å²) in [5.41, 5.74) is 0.264. The van der Waals surface area contributed by atoms with E-state index in [1.54, 1.807) is 0 Å². The van der Waals surface area contributed by atoms with Gasteiger partial charge in [0.05, 0.1) is 6.04 Å². The quantitative estimate of drug-likeness (QED) is 0.812. The SMILES string of the molecule is C[C@@H](CC(=O)N1CCC(n2ccc(C(F)(F)F)n2)CC1)c1ccccc1. The van der Waals surface area contributed by atoms with Crippen molar-refractivity contribution in [3.8, 4) is 0 Å². The molecule has 4 nitrogen and oxygen atoms in total. The maximum absolute atomic E-state index is 12.7. The summed E-state index contributed by atoms with van der Waals surface area (Å²) in [5.74, 6) is 0.234. The highest BCUT2D eigenvalue weighted by atomic mass is 19.4. The van der Waals surface area contributed by atoms with E-state index in [0.29, 0.717) is 32.4 Å². The summed E-state index contributed by atoms with van der Waals surface area (Å²) in [4.78, 5) is 14.3. The molecular weight excluding hydrogens is 343 g/mol. The first-order valence-corrected chi connectivity index (χ1v) is 8.79. The maximum Gasteiger partial charge on any atom is 0.435 e. The van der Waals surface area contributed by atoms with Crippen molar-refractivity contribution in [2.75, 3.05) is 13.1 Å². The summed E-state index contributed by atoms with van der Waals surface area (Å²) in [7, 11) is 0. The minimum Gasteiger partial charge on any atom is -0.343 e. The average Bonchev–Trinajstić information content (AvgIpc) is 3.13. The van der Waals surface area contributed by atoms with Crippen molar-refractivity contribution in [1.82, 2.24) is 14.7 Å². The van der Waals surface area contributed by atoms with E-state index in [9.17, 15) is 18.0 Å². The van der Waals surface area contributed by atoms with Gasteiger partial charge in [-0.2, -0.15) is 18.3 Å². The second-order valence-electron chi connectivity index (χ2n) is 6.81. The number of rotatable bonds is 4. The number of hydrogen-bond acceptors (Lipinski definition) is 2. The van der Waals surface area contributed by atoms with Gasteiger partial charge in [-0.1, -0.05) is 37.3 Å². The number of amides is 1. The summed E-state index contributed by atoms with van der Waals surface area (Å²) in [6.07, 6.45) is -1.37. The lowest BCUT2D eigenvalue weighted by Crippen LogP contribution is -2.39. The standard InChI is InChI=1S/C19H22F3N3O/c1-14(15-5-3-2-4-6-15)13-18(26)24-10-7-16(8-11-24)25-12-9-17(23-25)19(20,21)22/h2-6,9,12,14,16H,7-8,10-11,13H2,1H3/t14-/m0/s1. The molecule has 0 radical (unpaired) electrons. The monoisotopic (exact) mass is 365 g/mol. The molecular formula is C19H22F3N3O. The normalized spacial score (nSPS) is 17.3. The largest absolute Gasteiger partial charge is 0.435 e. The van der Waals surface area contributed by atoms with E-state index in [4.69, 9.17) is 0 Å². The molecule has 1 aromatic carbocycles. The van der Waals surface area contributed by atoms with Crippen LogP contribution in [-0.4, -0.2) is 33.7 Å². The second-order valence-corrected chi connectivity index (χ2v) is 6.81. The molecule has 140 valence electrons. The van der Waals surface area contributed by atoms with E-state index in [1.165, 1.54) is 10.9 Å². The molecule has 0 saturated carbocycles. The molecule has 1 saturated heterocycles. The van der Waals surface area contributed by atoms with Crippen molar-refractivity contribution >= 4 is 5.91 Å². The molecule has 1 aliphatic heterocycles. The number of piperidine rings is 1. The number of alkyl halides is 3. The highest BCUT2D eigenvalue weighted by molar-refractivity contribution is 5.77. The molecule has 0 unspecified atom stereocenters. The lowest BCUT2D eigenvalue weighted by atomic mass is 9.96. The first kappa shape index (κ1) is 18.5. The Bertz CT molecular complexity index is 734. The highest BCUT2D eigenvalue weighted by Crippen LogP contribution is 2.30. The van der Waals surface area contributed by atoms with Gasteiger partial charge >= 0.3 is 6.18 Å². The van der Waals surface area contributed by atoms with E-state index in [1.807, 2.05) is 42.2 Å². The Morgan fingerprint density at radius 1 is 1.19 bits per heavy atom. The van der Waals surface area contributed by atoms with E-state index < -0.39 is 11.9 Å². The molecule has 0 spiro atoms. The third-order valence-electron chi connectivity index (χ3n) is 4.94. The molecule has 1 aliphatic rings. The van der Waals surface area contributed by atoms with Gasteiger partial charge in [0, 0.05) is 25.7 Å². The summed E-state index contributed by atoms with van der Waals surface area (Å²) >= 11 is 0. The van der Waals surface area contributed by atoms with Crippen molar-refractivity contribution < 1.29 is 18.0 Å². The molecule has 1 aromatic heterocycles. The number of aromatic nitrogens is 2. The van der Waals surface area contributed by atoms with Gasteiger partial charge < -0.3 is 4.90 Å². The summed E-state index contributed by atoms with van der Waals surface area (Å²) < 4.78 is 39.4. The molecule has 1 fully saturated rings.